The van der Waals surface area contributed by atoms with Gasteiger partial charge in [-0.15, -0.1) is 22.7 Å². The van der Waals surface area contributed by atoms with E-state index >= 15 is 0 Å². The molecule has 0 aliphatic rings. The fourth-order valence-corrected chi connectivity index (χ4v) is 20.0. The van der Waals surface area contributed by atoms with Crippen LogP contribution in [0.4, 0.5) is 102 Å². The minimum atomic E-state index is 0.846. The van der Waals surface area contributed by atoms with Crippen LogP contribution in [0.25, 0.3) is 95.3 Å². The van der Waals surface area contributed by atoms with E-state index in [4.69, 9.17) is 4.42 Å². The summed E-state index contributed by atoms with van der Waals surface area (Å²) in [5.41, 5.74) is 26.0. The fourth-order valence-electron chi connectivity index (χ4n) is 17.9. The van der Waals surface area contributed by atoms with Crippen molar-refractivity contribution in [3.63, 3.8) is 0 Å². The van der Waals surface area contributed by atoms with E-state index in [1.807, 2.05) is 34.8 Å². The van der Waals surface area contributed by atoms with Crippen molar-refractivity contribution in [1.29, 1.82) is 0 Å². The molecule has 3 aromatic heterocycles. The van der Waals surface area contributed by atoms with Crippen LogP contribution in [0.2, 0.25) is 0 Å². The molecule has 127 heavy (non-hydrogen) atoms. The van der Waals surface area contributed by atoms with Crippen molar-refractivity contribution in [2.45, 2.75) is 0 Å². The molecule has 9 heteroatoms. The van der Waals surface area contributed by atoms with E-state index < -0.39 is 0 Å². The Morgan fingerprint density at radius 1 is 0.142 bits per heavy atom. The van der Waals surface area contributed by atoms with E-state index in [1.165, 1.54) is 73.4 Å². The predicted octanol–water partition coefficient (Wildman–Crippen LogP) is 35.3. The van der Waals surface area contributed by atoms with Gasteiger partial charge in [-0.2, -0.15) is 0 Å². The van der Waals surface area contributed by atoms with Gasteiger partial charge in [0.15, 0.2) is 0 Å². The summed E-state index contributed by atoms with van der Waals surface area (Å²) in [4.78, 5) is 14.2. The van der Waals surface area contributed by atoms with Crippen LogP contribution < -0.4 is 29.4 Å². The van der Waals surface area contributed by atoms with Crippen LogP contribution in [0.15, 0.2) is 502 Å². The molecule has 0 saturated heterocycles. The first-order valence-corrected chi connectivity index (χ1v) is 44.6. The molecule has 0 radical (unpaired) electrons. The van der Waals surface area contributed by atoms with Crippen molar-refractivity contribution in [2.75, 3.05) is 29.4 Å². The number of para-hydroxylation sites is 13. The molecule has 0 N–H and O–H groups in total. The van der Waals surface area contributed by atoms with Gasteiger partial charge in [-0.1, -0.05) is 261 Å². The molecule has 0 fully saturated rings. The van der Waals surface area contributed by atoms with E-state index in [-0.39, 0.29) is 0 Å². The first-order chi connectivity index (χ1) is 63.0. The molecule has 0 aliphatic carbocycles. The molecule has 0 aliphatic heterocycles. The normalized spacial score (nSPS) is 11.3. The van der Waals surface area contributed by atoms with Crippen LogP contribution in [0, 0.1) is 0 Å². The lowest BCUT2D eigenvalue weighted by atomic mass is 10.0. The van der Waals surface area contributed by atoms with Gasteiger partial charge in [-0.25, -0.2) is 0 Å². The maximum Gasteiger partial charge on any atom is 0.137 e. The Balaban J connectivity index is 0.000000152. The molecule has 0 unspecified atom stereocenters. The van der Waals surface area contributed by atoms with Crippen LogP contribution in [-0.4, -0.2) is 0 Å². The van der Waals surface area contributed by atoms with Gasteiger partial charge in [0.25, 0.3) is 0 Å². The van der Waals surface area contributed by atoms with Crippen molar-refractivity contribution in [3.8, 4) is 22.3 Å². The quantitative estimate of drug-likeness (QED) is 0.0752. The molecule has 0 amide bonds. The molecule has 0 saturated carbocycles. The van der Waals surface area contributed by atoms with E-state index in [1.54, 1.807) is 0 Å². The summed E-state index contributed by atoms with van der Waals surface area (Å²) < 4.78 is 11.6. The highest BCUT2D eigenvalue weighted by Gasteiger charge is 2.28. The zero-order chi connectivity index (χ0) is 84.4. The number of fused-ring (bicyclic) bond motifs is 10. The van der Waals surface area contributed by atoms with Crippen LogP contribution in [0.3, 0.4) is 0 Å². The second kappa shape index (κ2) is 34.2. The third-order valence-electron chi connectivity index (χ3n) is 23.8. The fraction of sp³-hybridized carbons (Fsp3) is 0. The highest BCUT2D eigenvalue weighted by Crippen LogP contribution is 2.52. The summed E-state index contributed by atoms with van der Waals surface area (Å²) >= 11 is 3.69. The smallest absolute Gasteiger partial charge is 0.137 e. The number of hydrogen-bond donors (Lipinski definition) is 0. The maximum atomic E-state index is 6.58. The third-order valence-corrected chi connectivity index (χ3v) is 26.1. The van der Waals surface area contributed by atoms with Gasteiger partial charge in [0.05, 0.1) is 28.4 Å². The lowest BCUT2D eigenvalue weighted by Crippen LogP contribution is -2.17. The number of thiophene rings is 2. The molecule has 0 atom stereocenters. The van der Waals surface area contributed by atoms with E-state index in [2.05, 4.69) is 515 Å². The summed E-state index contributed by atoms with van der Waals surface area (Å²) in [6.45, 7) is 0. The van der Waals surface area contributed by atoms with Crippen molar-refractivity contribution >= 4 is 198 Å². The van der Waals surface area contributed by atoms with Crippen molar-refractivity contribution in [2.24, 2.45) is 0 Å². The Bertz CT molecular complexity index is 7710. The highest BCUT2D eigenvalue weighted by atomic mass is 32.1. The first-order valence-electron chi connectivity index (χ1n) is 42.9. The molecule has 3 heterocycles. The molecule has 23 rings (SSSR count). The molecule has 0 bridgehead atoms. The third kappa shape index (κ3) is 15.1. The Labute approximate surface area is 746 Å². The van der Waals surface area contributed by atoms with Crippen molar-refractivity contribution < 1.29 is 4.42 Å². The number of rotatable bonds is 20. The molecule has 0 spiro atoms. The molecular weight excluding hydrogens is 1580 g/mol. The Kier molecular flexibility index (Phi) is 20.7. The van der Waals surface area contributed by atoms with Gasteiger partial charge in [0.1, 0.15) is 11.2 Å². The maximum absolute atomic E-state index is 6.58. The Morgan fingerprint density at radius 2 is 0.402 bits per heavy atom. The highest BCUT2D eigenvalue weighted by molar-refractivity contribution is 7.26. The van der Waals surface area contributed by atoms with Gasteiger partial charge >= 0.3 is 0 Å². The van der Waals surface area contributed by atoms with E-state index in [9.17, 15) is 0 Å². The Morgan fingerprint density at radius 3 is 0.819 bits per heavy atom. The molecule has 20 aromatic carbocycles. The largest absolute Gasteiger partial charge is 0.456 e. The second-order valence-electron chi connectivity index (χ2n) is 31.5. The van der Waals surface area contributed by atoms with E-state index in [0.717, 1.165) is 124 Å². The van der Waals surface area contributed by atoms with Crippen LogP contribution in [-0.2, 0) is 0 Å². The molecule has 23 aromatic rings. The van der Waals surface area contributed by atoms with Crippen molar-refractivity contribution in [1.82, 2.24) is 0 Å². The second-order valence-corrected chi connectivity index (χ2v) is 33.7. The van der Waals surface area contributed by atoms with Gasteiger partial charge in [-0.05, 0) is 258 Å². The molecular formula is C118H82N6OS2. The van der Waals surface area contributed by atoms with Crippen LogP contribution in [0.1, 0.15) is 0 Å². The lowest BCUT2D eigenvalue weighted by molar-refractivity contribution is 0.669. The number of furan rings is 1. The average Bonchev–Trinajstić information content (AvgIpc) is 1.61. The number of anilines is 18. The molecule has 7 nitrogen and oxygen atoms in total. The average molecular weight is 1660 g/mol. The zero-order valence-electron chi connectivity index (χ0n) is 69.3. The lowest BCUT2D eigenvalue weighted by Gasteiger charge is -2.33. The Hall–Kier alpha value is -16.3. The number of hydrogen-bond acceptors (Lipinski definition) is 9. The molecule has 602 valence electrons. The van der Waals surface area contributed by atoms with Gasteiger partial charge in [0, 0.05) is 137 Å². The standard InChI is InChI=1S/C64H43N3OS.C54H39N3S/c1-4-19-47(20-5-1)65(48-21-6-2-7-22-48)50-34-31-44(32-35-50)46-33-39-63-56(41-46)57-42-51(37-40-64(57)69-63)66(52-36-38-55-54-26-12-15-30-61(54)68-62(55)43-52)59-27-13-14-28-60(59)67(49-23-8-3-9-24-49)58-29-16-18-45-17-10-11-25-53(45)58;1-6-18-42(19-7-1)55(43-20-8-2-9-21-43)47-33-30-40(31-34-47)41-32-36-53-49(38-41)50-39-48(35-37-54(50)58-53)57(46-26-14-5-15-27-46)52-29-17-16-28-51(52)56(44-22-10-3-11-23-44)45-24-12-4-13-25-45/h1-43H;1-39H. The van der Waals surface area contributed by atoms with Gasteiger partial charge in [0.2, 0.25) is 0 Å². The monoisotopic (exact) mass is 1660 g/mol. The first kappa shape index (κ1) is 76.8. The van der Waals surface area contributed by atoms with Gasteiger partial charge < -0.3 is 33.8 Å². The van der Waals surface area contributed by atoms with Crippen LogP contribution >= 0.6 is 22.7 Å². The number of benzene rings is 20. The van der Waals surface area contributed by atoms with Crippen LogP contribution in [0.5, 0.6) is 0 Å². The summed E-state index contributed by atoms with van der Waals surface area (Å²) in [7, 11) is 0. The van der Waals surface area contributed by atoms with Gasteiger partial charge in [-0.3, -0.25) is 0 Å². The summed E-state index contributed by atoms with van der Waals surface area (Å²) in [5, 5.41) is 9.52. The topological polar surface area (TPSA) is 32.6 Å². The SMILES string of the molecule is c1ccc(N(c2ccccc2)c2ccc(-c3ccc4sc5ccc(N(c6ccc7c(c6)oc6ccccc67)c6ccccc6N(c6ccccc6)c6cccc7ccccc67)cc5c4c3)cc2)cc1.c1ccc(N(c2ccccc2)c2ccc(-c3ccc4sc5ccc(N(c6ccccc6)c6ccccc6N(c6ccccc6)c6ccccc6)cc5c4c3)cc2)cc1. The number of nitrogens with zero attached hydrogens (tertiary/aromatic N) is 6. The summed E-state index contributed by atoms with van der Waals surface area (Å²) in [6, 6.07) is 178. The van der Waals surface area contributed by atoms with Crippen molar-refractivity contribution in [3.05, 3.63) is 497 Å². The predicted molar refractivity (Wildman–Crippen MR) is 542 cm³/mol. The summed E-state index contributed by atoms with van der Waals surface area (Å²) in [6.07, 6.45) is 0. The minimum absolute atomic E-state index is 0.846. The van der Waals surface area contributed by atoms with E-state index in [0.29, 0.717) is 0 Å². The zero-order valence-corrected chi connectivity index (χ0v) is 70.9. The minimum Gasteiger partial charge on any atom is -0.456 e. The summed E-state index contributed by atoms with van der Waals surface area (Å²) in [5.74, 6) is 0.